The van der Waals surface area contributed by atoms with E-state index >= 15 is 0 Å². The van der Waals surface area contributed by atoms with Crippen LogP contribution in [0.25, 0.3) is 0 Å². The monoisotopic (exact) mass is 254 g/mol. The average Bonchev–Trinajstić information content (AvgIpc) is 2.58. The third-order valence-electron chi connectivity index (χ3n) is 2.16. The zero-order valence-corrected chi connectivity index (χ0v) is 9.27. The molecule has 88 valence electrons. The Bertz CT molecular complexity index is 479. The fourth-order valence-corrected chi connectivity index (χ4v) is 1.45. The molecule has 5 nitrogen and oxygen atoms in total. The molecule has 0 N–H and O–H groups in total. The van der Waals surface area contributed by atoms with E-state index in [4.69, 9.17) is 16.3 Å². The lowest BCUT2D eigenvalue weighted by atomic mass is 10.2. The van der Waals surface area contributed by atoms with Gasteiger partial charge in [-0.25, -0.2) is 9.59 Å². The van der Waals surface area contributed by atoms with Crippen LogP contribution in [0.2, 0.25) is 5.02 Å². The van der Waals surface area contributed by atoms with Crippen molar-refractivity contribution in [1.29, 1.82) is 0 Å². The zero-order valence-electron chi connectivity index (χ0n) is 8.51. The summed E-state index contributed by atoms with van der Waals surface area (Å²) >= 11 is 5.66. The van der Waals surface area contributed by atoms with Crippen LogP contribution in [0.3, 0.4) is 0 Å². The van der Waals surface area contributed by atoms with Gasteiger partial charge in [0.1, 0.15) is 0 Å². The summed E-state index contributed by atoms with van der Waals surface area (Å²) in [6.45, 7) is 0. The predicted octanol–water partition coefficient (Wildman–Crippen LogP) is 1.34. The summed E-state index contributed by atoms with van der Waals surface area (Å²) in [7, 11) is 0. The fourth-order valence-electron chi connectivity index (χ4n) is 1.33. The predicted molar refractivity (Wildman–Crippen MR) is 56.4 cm³/mol. The number of cyclic esters (lactones) is 2. The lowest BCUT2D eigenvalue weighted by molar-refractivity contribution is -0.154. The van der Waals surface area contributed by atoms with Crippen molar-refractivity contribution < 1.29 is 23.9 Å². The standard InChI is InChI=1S/C11H7ClO5/c12-7-3-1-6(2-4-7)10(14)16-8-5-9(13)17-11(8)15/h1-4,8H,5H2. The maximum Gasteiger partial charge on any atom is 0.355 e. The van der Waals surface area contributed by atoms with Gasteiger partial charge in [0, 0.05) is 5.02 Å². The lowest BCUT2D eigenvalue weighted by Crippen LogP contribution is -2.22. The third-order valence-corrected chi connectivity index (χ3v) is 2.41. The summed E-state index contributed by atoms with van der Waals surface area (Å²) < 4.78 is 9.10. The van der Waals surface area contributed by atoms with E-state index in [9.17, 15) is 14.4 Å². The van der Waals surface area contributed by atoms with Gasteiger partial charge in [-0.15, -0.1) is 0 Å². The second kappa shape index (κ2) is 4.55. The fraction of sp³-hybridized carbons (Fsp3) is 0.182. The van der Waals surface area contributed by atoms with Crippen molar-refractivity contribution in [3.8, 4) is 0 Å². The van der Waals surface area contributed by atoms with Crippen LogP contribution < -0.4 is 0 Å². The van der Waals surface area contributed by atoms with Crippen LogP contribution in [0.4, 0.5) is 0 Å². The molecule has 0 amide bonds. The molecule has 0 aliphatic carbocycles. The van der Waals surface area contributed by atoms with Crippen LogP contribution in [0.1, 0.15) is 16.8 Å². The van der Waals surface area contributed by atoms with Crippen LogP contribution in [-0.2, 0) is 19.1 Å². The number of rotatable bonds is 2. The van der Waals surface area contributed by atoms with E-state index in [2.05, 4.69) is 4.74 Å². The number of benzene rings is 1. The Labute approximate surface area is 101 Å². The first kappa shape index (κ1) is 11.6. The highest BCUT2D eigenvalue weighted by Crippen LogP contribution is 2.16. The van der Waals surface area contributed by atoms with E-state index < -0.39 is 24.0 Å². The van der Waals surface area contributed by atoms with Gasteiger partial charge in [0.2, 0.25) is 6.10 Å². The van der Waals surface area contributed by atoms with Crippen LogP contribution in [0.15, 0.2) is 24.3 Å². The molecule has 1 heterocycles. The third kappa shape index (κ3) is 2.62. The molecule has 0 bridgehead atoms. The van der Waals surface area contributed by atoms with E-state index in [0.29, 0.717) is 5.02 Å². The Morgan fingerprint density at radius 3 is 2.47 bits per heavy atom. The van der Waals surface area contributed by atoms with E-state index in [1.54, 1.807) is 0 Å². The summed E-state index contributed by atoms with van der Waals surface area (Å²) in [5.74, 6) is -2.22. The number of halogens is 1. The Kier molecular flexibility index (Phi) is 3.10. The highest BCUT2D eigenvalue weighted by Gasteiger charge is 2.36. The number of carbonyl (C=O) groups is 3. The van der Waals surface area contributed by atoms with Gasteiger partial charge in [-0.05, 0) is 24.3 Å². The molecule has 1 saturated heterocycles. The smallest absolute Gasteiger partial charge is 0.355 e. The average molecular weight is 255 g/mol. The van der Waals surface area contributed by atoms with Crippen molar-refractivity contribution in [3.63, 3.8) is 0 Å². The zero-order chi connectivity index (χ0) is 12.4. The number of ether oxygens (including phenoxy) is 2. The molecule has 0 saturated carbocycles. The van der Waals surface area contributed by atoms with Crippen molar-refractivity contribution in [1.82, 2.24) is 0 Å². The number of hydrogen-bond donors (Lipinski definition) is 0. The van der Waals surface area contributed by atoms with Gasteiger partial charge in [0.05, 0.1) is 12.0 Å². The maximum atomic E-state index is 11.6. The topological polar surface area (TPSA) is 69.7 Å². The normalized spacial score (nSPS) is 19.0. The van der Waals surface area contributed by atoms with Crippen molar-refractivity contribution in [2.24, 2.45) is 0 Å². The number of carbonyl (C=O) groups excluding carboxylic acids is 3. The van der Waals surface area contributed by atoms with Crippen LogP contribution in [0.5, 0.6) is 0 Å². The first-order valence-corrected chi connectivity index (χ1v) is 5.15. The minimum atomic E-state index is -1.15. The second-order valence-corrected chi connectivity index (χ2v) is 3.83. The van der Waals surface area contributed by atoms with Crippen molar-refractivity contribution in [2.45, 2.75) is 12.5 Å². The highest BCUT2D eigenvalue weighted by atomic mass is 35.5. The largest absolute Gasteiger partial charge is 0.446 e. The molecule has 0 spiro atoms. The molecular weight excluding hydrogens is 248 g/mol. The molecule has 1 fully saturated rings. The molecule has 1 atom stereocenters. The molecule has 1 aromatic rings. The molecule has 6 heteroatoms. The molecule has 1 unspecified atom stereocenters. The van der Waals surface area contributed by atoms with E-state index in [1.807, 2.05) is 0 Å². The van der Waals surface area contributed by atoms with Crippen LogP contribution in [0, 0.1) is 0 Å². The van der Waals surface area contributed by atoms with Crippen molar-refractivity contribution >= 4 is 29.5 Å². The molecule has 0 radical (unpaired) electrons. The summed E-state index contributed by atoms with van der Waals surface area (Å²) in [6, 6.07) is 5.98. The Morgan fingerprint density at radius 2 is 1.94 bits per heavy atom. The number of esters is 3. The summed E-state index contributed by atoms with van der Waals surface area (Å²) in [5, 5.41) is 0.483. The maximum absolute atomic E-state index is 11.6. The van der Waals surface area contributed by atoms with Gasteiger partial charge >= 0.3 is 17.9 Å². The van der Waals surface area contributed by atoms with E-state index in [0.717, 1.165) is 0 Å². The molecule has 0 aromatic heterocycles. The highest BCUT2D eigenvalue weighted by molar-refractivity contribution is 6.30. The van der Waals surface area contributed by atoms with Gasteiger partial charge in [0.15, 0.2) is 0 Å². The molecular formula is C11H7ClO5. The van der Waals surface area contributed by atoms with E-state index in [-0.39, 0.29) is 12.0 Å². The molecule has 1 aliphatic heterocycles. The SMILES string of the molecule is O=C1CC(OC(=O)c2ccc(Cl)cc2)C(=O)O1. The Balaban J connectivity index is 2.04. The Morgan fingerprint density at radius 1 is 1.29 bits per heavy atom. The molecule has 1 aromatic carbocycles. The lowest BCUT2D eigenvalue weighted by Gasteiger charge is -2.07. The molecule has 2 rings (SSSR count). The van der Waals surface area contributed by atoms with Gasteiger partial charge in [-0.3, -0.25) is 4.79 Å². The minimum absolute atomic E-state index is 0.238. The van der Waals surface area contributed by atoms with Gasteiger partial charge in [-0.1, -0.05) is 11.6 Å². The Hall–Kier alpha value is -1.88. The summed E-state index contributed by atoms with van der Waals surface area (Å²) in [4.78, 5) is 33.4. The van der Waals surface area contributed by atoms with Gasteiger partial charge in [-0.2, -0.15) is 0 Å². The number of hydrogen-bond acceptors (Lipinski definition) is 5. The molecule has 1 aliphatic rings. The van der Waals surface area contributed by atoms with Gasteiger partial charge < -0.3 is 9.47 Å². The quantitative estimate of drug-likeness (QED) is 0.588. The van der Waals surface area contributed by atoms with Crippen LogP contribution in [-0.4, -0.2) is 24.0 Å². The second-order valence-electron chi connectivity index (χ2n) is 3.40. The minimum Gasteiger partial charge on any atom is -0.446 e. The van der Waals surface area contributed by atoms with E-state index in [1.165, 1.54) is 24.3 Å². The van der Waals surface area contributed by atoms with Gasteiger partial charge in [0.25, 0.3) is 0 Å². The van der Waals surface area contributed by atoms with Crippen molar-refractivity contribution in [3.05, 3.63) is 34.9 Å². The summed E-state index contributed by atoms with van der Waals surface area (Å²) in [6.07, 6.45) is -1.39. The summed E-state index contributed by atoms with van der Waals surface area (Å²) in [5.41, 5.74) is 0.251. The van der Waals surface area contributed by atoms with Crippen LogP contribution >= 0.6 is 11.6 Å². The first-order chi connectivity index (χ1) is 8.06. The molecule has 17 heavy (non-hydrogen) atoms. The first-order valence-electron chi connectivity index (χ1n) is 4.77. The van der Waals surface area contributed by atoms with Crippen molar-refractivity contribution in [2.75, 3.05) is 0 Å².